The van der Waals surface area contributed by atoms with Crippen LogP contribution in [0.3, 0.4) is 0 Å². The summed E-state index contributed by atoms with van der Waals surface area (Å²) in [6.45, 7) is 3.83. The topological polar surface area (TPSA) is 361 Å². The van der Waals surface area contributed by atoms with Crippen molar-refractivity contribution in [2.75, 3.05) is 24.3 Å². The highest BCUT2D eigenvalue weighted by Crippen LogP contribution is 2.67. The van der Waals surface area contributed by atoms with Crippen molar-refractivity contribution in [3.63, 3.8) is 0 Å². The van der Waals surface area contributed by atoms with Gasteiger partial charge in [0.1, 0.15) is 42.0 Å². The van der Waals surface area contributed by atoms with Crippen LogP contribution in [-0.4, -0.2) is 136 Å². The van der Waals surface area contributed by atoms with Gasteiger partial charge in [0, 0.05) is 61.1 Å². The summed E-state index contributed by atoms with van der Waals surface area (Å²) >= 11 is 1.29. The van der Waals surface area contributed by atoms with Gasteiger partial charge in [0.15, 0.2) is 59.0 Å². The number of aromatic amines is 1. The average molecular weight is 1500 g/mol. The maximum absolute atomic E-state index is 17.6. The summed E-state index contributed by atoms with van der Waals surface area (Å²) in [6, 6.07) is 11.5. The molecule has 0 bridgehead atoms. The number of amides is 3. The zero-order chi connectivity index (χ0) is 73.4. The summed E-state index contributed by atoms with van der Waals surface area (Å²) in [4.78, 5) is 116. The first-order valence-corrected chi connectivity index (χ1v) is 41.3. The SMILES string of the molecule is CCCCCCCC(=O)C[C@H](C(=O)N[C@@H](C)C(=O)Cc1ccc(CSP2(=O)OC[C@H]3O[C@@H](n4cnc5c(N)ncnc54)[C@H](F)[C@@H]3OP(=O)(SCc3ccc(NC(=O)[C@H](C)CC(=O)[C@@H](NC(=O)CCCCCCC)C(C)C)cc3)OC[C@H]3O[C@@H](n4cnc5c(=O)[nH]cnc54)[C@H](F)[C@@H]3O2)cc1)C(C)C. The van der Waals surface area contributed by atoms with Crippen LogP contribution in [0.2, 0.25) is 0 Å². The molecule has 33 heteroatoms. The van der Waals surface area contributed by atoms with Crippen molar-refractivity contribution >= 4 is 105 Å². The van der Waals surface area contributed by atoms with E-state index in [4.69, 9.17) is 33.3 Å². The Morgan fingerprint density at radius 1 is 0.637 bits per heavy atom. The molecule has 556 valence electrons. The van der Waals surface area contributed by atoms with Crippen molar-refractivity contribution < 1.29 is 74.2 Å². The number of fused-ring (bicyclic) bond motifs is 4. The molecule has 6 aromatic rings. The summed E-state index contributed by atoms with van der Waals surface area (Å²) in [7, 11) is 0. The van der Waals surface area contributed by atoms with Crippen molar-refractivity contribution in [1.29, 1.82) is 0 Å². The Morgan fingerprint density at radius 2 is 1.17 bits per heavy atom. The molecule has 2 aromatic carbocycles. The molecule has 0 radical (unpaired) electrons. The van der Waals surface area contributed by atoms with Gasteiger partial charge in [0.25, 0.3) is 5.56 Å². The number of H-pyrrole nitrogens is 1. The molecule has 14 atom stereocenters. The first-order chi connectivity index (χ1) is 48.8. The van der Waals surface area contributed by atoms with E-state index < -0.39 is 111 Å². The van der Waals surface area contributed by atoms with Gasteiger partial charge in [-0.3, -0.25) is 60.8 Å². The molecular weight excluding hydrogens is 1400 g/mol. The smallest absolute Gasteiger partial charge is 0.382 e. The lowest BCUT2D eigenvalue weighted by atomic mass is 9.88. The van der Waals surface area contributed by atoms with Crippen molar-refractivity contribution in [2.24, 2.45) is 23.7 Å². The van der Waals surface area contributed by atoms with E-state index in [0.29, 0.717) is 58.0 Å². The van der Waals surface area contributed by atoms with E-state index in [2.05, 4.69) is 59.7 Å². The van der Waals surface area contributed by atoms with Crippen molar-refractivity contribution in [3.8, 4) is 0 Å². The second-order valence-corrected chi connectivity index (χ2v) is 35.0. The Kier molecular flexibility index (Phi) is 28.7. The molecule has 2 unspecified atom stereocenters. The minimum Gasteiger partial charge on any atom is -0.382 e. The number of nitrogen functional groups attached to an aromatic ring is 1. The molecule has 0 saturated carbocycles. The number of alkyl halides is 2. The van der Waals surface area contributed by atoms with E-state index in [1.165, 1.54) is 10.9 Å². The van der Waals surface area contributed by atoms with Crippen molar-refractivity contribution in [1.82, 2.24) is 49.7 Å². The molecule has 3 aliphatic rings. The molecule has 7 heterocycles. The van der Waals surface area contributed by atoms with E-state index in [-0.39, 0.29) is 99.9 Å². The number of nitrogens with zero attached hydrogens (tertiary/aromatic N) is 7. The van der Waals surface area contributed by atoms with Crippen molar-refractivity contribution in [3.05, 3.63) is 101 Å². The quantitative estimate of drug-likeness (QED) is 0.0182. The van der Waals surface area contributed by atoms with Crippen LogP contribution in [0.1, 0.15) is 174 Å². The maximum atomic E-state index is 17.6. The Bertz CT molecular complexity index is 4020. The summed E-state index contributed by atoms with van der Waals surface area (Å²) < 4.78 is 107. The van der Waals surface area contributed by atoms with Gasteiger partial charge in [-0.05, 0) is 83.2 Å². The second kappa shape index (κ2) is 36.9. The van der Waals surface area contributed by atoms with Gasteiger partial charge in [-0.15, -0.1) is 0 Å². The highest BCUT2D eigenvalue weighted by molar-refractivity contribution is 8.55. The zero-order valence-corrected chi connectivity index (χ0v) is 62.2. The zero-order valence-electron chi connectivity index (χ0n) is 58.7. The lowest BCUT2D eigenvalue weighted by molar-refractivity contribution is -0.133. The number of Topliss-reactive ketones (excluding diaryl/α,β-unsaturated/α-hetero) is 3. The van der Waals surface area contributed by atoms with Crippen LogP contribution >= 0.6 is 36.4 Å². The minimum atomic E-state index is -4.73. The number of nitrogens with two attached hydrogens (primary N) is 1. The van der Waals surface area contributed by atoms with Crippen LogP contribution < -0.4 is 27.2 Å². The third-order valence-corrected chi connectivity index (χ3v) is 25.6. The molecule has 27 nitrogen and oxygen atoms in total. The normalized spacial score (nSPS) is 24.3. The molecule has 3 amide bonds. The van der Waals surface area contributed by atoms with Crippen LogP contribution in [0.15, 0.2) is 78.6 Å². The van der Waals surface area contributed by atoms with Crippen LogP contribution in [0.4, 0.5) is 20.3 Å². The third-order valence-electron chi connectivity index (χ3n) is 18.3. The van der Waals surface area contributed by atoms with Crippen molar-refractivity contribution in [2.45, 2.75) is 225 Å². The van der Waals surface area contributed by atoms with Crippen LogP contribution in [0.5, 0.6) is 0 Å². The molecule has 0 aliphatic carbocycles. The second-order valence-electron chi connectivity index (χ2n) is 27.0. The van der Waals surface area contributed by atoms with Gasteiger partial charge >= 0.3 is 13.6 Å². The number of carbonyl (C=O) groups is 6. The minimum absolute atomic E-state index is 0.0170. The van der Waals surface area contributed by atoms with E-state index in [1.807, 2.05) is 27.7 Å². The molecule has 3 fully saturated rings. The average Bonchev–Trinajstić information content (AvgIpc) is 1.61. The lowest BCUT2D eigenvalue weighted by Gasteiger charge is -2.30. The van der Waals surface area contributed by atoms with Gasteiger partial charge in [0.05, 0.1) is 44.3 Å². The van der Waals surface area contributed by atoms with E-state index >= 15 is 17.9 Å². The Balaban J connectivity index is 0.920. The molecule has 6 N–H and O–H groups in total. The Hall–Kier alpha value is -6.66. The fourth-order valence-corrected chi connectivity index (χ4v) is 19.0. The number of ketones is 3. The molecular formula is C69H94F2N12O15P2S2. The fourth-order valence-electron chi connectivity index (χ4n) is 12.2. The molecule has 0 spiro atoms. The Morgan fingerprint density at radius 3 is 1.73 bits per heavy atom. The highest BCUT2D eigenvalue weighted by Gasteiger charge is 2.56. The number of unbranched alkanes of at least 4 members (excludes halogenated alkanes) is 8. The number of nitrogens with one attached hydrogen (secondary N) is 4. The number of hydrogen-bond acceptors (Lipinski definition) is 23. The number of imidazole rings is 2. The van der Waals surface area contributed by atoms with Crippen LogP contribution in [-0.2, 0) is 83.4 Å². The number of anilines is 2. The number of hydrogen-bond donors (Lipinski definition) is 5. The summed E-state index contributed by atoms with van der Waals surface area (Å²) in [5.74, 6) is -3.53. The summed E-state index contributed by atoms with van der Waals surface area (Å²) in [6.07, 6.45) is 0.463. The molecule has 3 saturated heterocycles. The van der Waals surface area contributed by atoms with E-state index in [9.17, 15) is 33.6 Å². The fraction of sp³-hybridized carbons (Fsp3) is 0.594. The number of halogens is 2. The Labute approximate surface area is 599 Å². The van der Waals surface area contributed by atoms with Gasteiger partial charge in [-0.25, -0.2) is 42.8 Å². The van der Waals surface area contributed by atoms with Gasteiger partial charge in [-0.1, -0.05) is 136 Å². The predicted octanol–water partition coefficient (Wildman–Crippen LogP) is 12.2. The maximum Gasteiger partial charge on any atom is 0.389 e. The summed E-state index contributed by atoms with van der Waals surface area (Å²) in [5.41, 5.74) is 7.46. The van der Waals surface area contributed by atoms with Crippen LogP contribution in [0, 0.1) is 23.7 Å². The predicted molar refractivity (Wildman–Crippen MR) is 383 cm³/mol. The first-order valence-electron chi connectivity index (χ1n) is 35.0. The summed E-state index contributed by atoms with van der Waals surface area (Å²) in [5, 5.41) is 8.53. The molecule has 102 heavy (non-hydrogen) atoms. The van der Waals surface area contributed by atoms with Crippen LogP contribution in [0.25, 0.3) is 22.3 Å². The third kappa shape index (κ3) is 20.9. The van der Waals surface area contributed by atoms with E-state index in [0.717, 1.165) is 87.8 Å². The van der Waals surface area contributed by atoms with E-state index in [1.54, 1.807) is 62.4 Å². The number of carbonyl (C=O) groups excluding carboxylic acids is 6. The monoisotopic (exact) mass is 1490 g/mol. The standard InChI is InChI=1S/C69H94F2N12O15P2S2/c1-9-11-13-15-17-19-48(84)31-49(40(3)4)66(89)79-43(8)50(85)30-44-21-23-45(24-22-44)34-101-99(91)93-32-52-60(55(70)68(95-52)82-38-77-58-62(72)73-36-74-63(58)82)97-100(92,94-33-53-61(98-99)56(71)69(96-53)83-39-78-59-64(83)75-37-76-67(59)90)102-35-46-25-27-47(28-26-46)80-65(88)42(7)29-51(86)57(41(5)6)81-54(87)20-18-16-14-12-10-2/h21-28,36-43,49,52-53,55-57,60-61,68-69H,9-20,29-35H2,1-8H3,(H,79,89)(H,80,88)(H,81,87)(H2,72,73,74)(H,75,76,90)/t42-,43+,49+,52-,53-,55-,56-,57+,60-,61-,68-,69-,99?,100?/m1/s1. The highest BCUT2D eigenvalue weighted by atomic mass is 32.7. The number of aromatic nitrogens is 8. The molecule has 4 aromatic heterocycles. The molecule has 3 aliphatic heterocycles. The largest absolute Gasteiger partial charge is 0.389 e. The lowest BCUT2D eigenvalue weighted by Crippen LogP contribution is -2.45. The number of ether oxygens (including phenoxy) is 2. The number of benzene rings is 2. The first kappa shape index (κ1) is 79.5. The molecule has 9 rings (SSSR count). The van der Waals surface area contributed by atoms with Gasteiger partial charge in [-0.2, -0.15) is 0 Å². The van der Waals surface area contributed by atoms with Gasteiger partial charge in [0.2, 0.25) is 17.7 Å². The van der Waals surface area contributed by atoms with Gasteiger partial charge < -0.3 is 36.1 Å². The number of rotatable bonds is 35.